The van der Waals surface area contributed by atoms with E-state index in [2.05, 4.69) is 19.5 Å². The third-order valence-corrected chi connectivity index (χ3v) is 1.38. The molecule has 0 fully saturated rings. The van der Waals surface area contributed by atoms with Crippen molar-refractivity contribution in [3.63, 3.8) is 0 Å². The lowest BCUT2D eigenvalue weighted by atomic mass is 10.5. The zero-order chi connectivity index (χ0) is 9.73. The third-order valence-electron chi connectivity index (χ3n) is 1.38. The molecule has 0 N–H and O–H groups in total. The van der Waals surface area contributed by atoms with Crippen molar-refractivity contribution in [3.8, 4) is 0 Å². The van der Waals surface area contributed by atoms with Crippen LogP contribution >= 0.6 is 0 Å². The Labute approximate surface area is 74.3 Å². The van der Waals surface area contributed by atoms with Crippen molar-refractivity contribution in [1.29, 1.82) is 0 Å². The molecule has 0 spiro atoms. The normalized spacial score (nSPS) is 18.1. The predicted molar refractivity (Wildman–Crippen MR) is 43.3 cm³/mol. The molecule has 0 radical (unpaired) electrons. The fraction of sp³-hybridized carbons (Fsp3) is 0.714. The first kappa shape index (κ1) is 10.2. The highest BCUT2D eigenvalue weighted by atomic mass is 19.3. The topological polar surface area (TPSA) is 43.2 Å². The molecule has 13 heavy (non-hydrogen) atoms. The molecule has 0 aromatic rings. The predicted octanol–water partition coefficient (Wildman–Crippen LogP) is 1.07. The van der Waals surface area contributed by atoms with Gasteiger partial charge in [-0.05, 0) is 0 Å². The monoisotopic (exact) mass is 192 g/mol. The van der Waals surface area contributed by atoms with Crippen molar-refractivity contribution in [1.82, 2.24) is 0 Å². The minimum atomic E-state index is -3.28. The molecule has 1 aliphatic heterocycles. The van der Waals surface area contributed by atoms with Gasteiger partial charge in [-0.15, -0.1) is 0 Å². The lowest BCUT2D eigenvalue weighted by Crippen LogP contribution is -2.28. The highest BCUT2D eigenvalue weighted by molar-refractivity contribution is 5.80. The molecule has 0 aromatic carbocycles. The van der Waals surface area contributed by atoms with Crippen LogP contribution in [0.2, 0.25) is 0 Å². The Morgan fingerprint density at radius 1 is 1.46 bits per heavy atom. The summed E-state index contributed by atoms with van der Waals surface area (Å²) in [5.41, 5.74) is 0. The number of methoxy groups -OCH3 is 1. The lowest BCUT2D eigenvalue weighted by molar-refractivity contribution is -0.255. The van der Waals surface area contributed by atoms with Gasteiger partial charge in [0.15, 0.2) is 0 Å². The van der Waals surface area contributed by atoms with Gasteiger partial charge in [0.1, 0.15) is 6.61 Å². The maximum atomic E-state index is 12.5. The van der Waals surface area contributed by atoms with E-state index in [1.807, 2.05) is 0 Å². The fourth-order valence-electron chi connectivity index (χ4n) is 0.704. The zero-order valence-electron chi connectivity index (χ0n) is 7.11. The highest BCUT2D eigenvalue weighted by Gasteiger charge is 2.29. The zero-order valence-corrected chi connectivity index (χ0v) is 7.11. The average Bonchev–Trinajstić information content (AvgIpc) is 2.17. The van der Waals surface area contributed by atoms with E-state index < -0.39 is 19.1 Å². The number of alkyl halides is 2. The molecule has 0 amide bonds. The molecule has 4 nitrogen and oxygen atoms in total. The van der Waals surface area contributed by atoms with Crippen LogP contribution in [0.3, 0.4) is 0 Å². The molecular weight excluding hydrogens is 182 g/mol. The van der Waals surface area contributed by atoms with E-state index in [1.165, 1.54) is 0 Å². The molecule has 0 saturated heterocycles. The maximum absolute atomic E-state index is 12.5. The first-order chi connectivity index (χ1) is 6.14. The number of ether oxygens (including phenoxy) is 2. The minimum absolute atomic E-state index is 0.612. The van der Waals surface area contributed by atoms with E-state index in [-0.39, 0.29) is 0 Å². The van der Waals surface area contributed by atoms with Gasteiger partial charge in [-0.2, -0.15) is 8.78 Å². The summed E-state index contributed by atoms with van der Waals surface area (Å²) in [6.45, 7) is -0.844. The van der Waals surface area contributed by atoms with Crippen molar-refractivity contribution < 1.29 is 18.3 Å². The summed E-state index contributed by atoms with van der Waals surface area (Å²) < 4.78 is 33.4. The lowest BCUT2D eigenvalue weighted by Gasteiger charge is -2.16. The van der Waals surface area contributed by atoms with Crippen molar-refractivity contribution >= 4 is 12.4 Å². The van der Waals surface area contributed by atoms with Gasteiger partial charge >= 0.3 is 6.11 Å². The quantitative estimate of drug-likeness (QED) is 0.668. The van der Waals surface area contributed by atoms with Gasteiger partial charge in [0.05, 0.1) is 0 Å². The van der Waals surface area contributed by atoms with E-state index in [9.17, 15) is 8.78 Å². The van der Waals surface area contributed by atoms with Crippen LogP contribution < -0.4 is 0 Å². The Morgan fingerprint density at radius 3 is 2.62 bits per heavy atom. The molecule has 1 aliphatic rings. The van der Waals surface area contributed by atoms with Crippen LogP contribution in [0.25, 0.3) is 0 Å². The van der Waals surface area contributed by atoms with E-state index in [4.69, 9.17) is 0 Å². The molecule has 1 heterocycles. The van der Waals surface area contributed by atoms with E-state index >= 15 is 0 Å². The molecule has 0 aromatic heterocycles. The number of rotatable bonds is 4. The van der Waals surface area contributed by atoms with Crippen LogP contribution in [-0.2, 0) is 9.47 Å². The van der Waals surface area contributed by atoms with Gasteiger partial charge in [-0.1, -0.05) is 0 Å². The minimum Gasteiger partial charge on any atom is -0.329 e. The second-order valence-corrected chi connectivity index (χ2v) is 2.38. The summed E-state index contributed by atoms with van der Waals surface area (Å²) in [6.07, 6.45) is -0.399. The van der Waals surface area contributed by atoms with Gasteiger partial charge in [0.25, 0.3) is 0 Å². The Kier molecular flexibility index (Phi) is 3.44. The van der Waals surface area contributed by atoms with Crippen LogP contribution in [0, 0.1) is 0 Å². The molecule has 6 heteroatoms. The highest BCUT2D eigenvalue weighted by Crippen LogP contribution is 2.15. The molecule has 0 saturated carbocycles. The number of hydrogen-bond acceptors (Lipinski definition) is 4. The Balaban J connectivity index is 2.29. The summed E-state index contributed by atoms with van der Waals surface area (Å²) in [5, 5.41) is 0. The van der Waals surface area contributed by atoms with Crippen molar-refractivity contribution in [2.24, 2.45) is 9.98 Å². The second-order valence-electron chi connectivity index (χ2n) is 2.38. The number of aliphatic imine (C=N–C) groups is 2. The van der Waals surface area contributed by atoms with Crippen LogP contribution in [0.15, 0.2) is 9.98 Å². The summed E-state index contributed by atoms with van der Waals surface area (Å²) in [7, 11) is 0.913. The van der Waals surface area contributed by atoms with Crippen molar-refractivity contribution in [3.05, 3.63) is 0 Å². The van der Waals surface area contributed by atoms with Gasteiger partial charge in [-0.25, -0.2) is 9.98 Å². The number of halogens is 2. The van der Waals surface area contributed by atoms with Crippen LogP contribution in [0.5, 0.6) is 0 Å². The first-order valence-electron chi connectivity index (χ1n) is 3.72. The fourth-order valence-corrected chi connectivity index (χ4v) is 0.704. The van der Waals surface area contributed by atoms with Crippen LogP contribution in [0.1, 0.15) is 6.42 Å². The number of nitrogens with zero attached hydrogens (tertiary/aromatic N) is 2. The largest absolute Gasteiger partial charge is 0.378 e. The summed E-state index contributed by atoms with van der Waals surface area (Å²) in [4.78, 5) is 7.47. The molecular formula is C7H10F2N2O2. The Morgan fingerprint density at radius 2 is 2.08 bits per heavy atom. The molecule has 0 bridgehead atoms. The first-order valence-corrected chi connectivity index (χ1v) is 3.72. The van der Waals surface area contributed by atoms with Crippen LogP contribution in [-0.4, -0.2) is 38.6 Å². The van der Waals surface area contributed by atoms with E-state index in [0.29, 0.717) is 6.42 Å². The van der Waals surface area contributed by atoms with Gasteiger partial charge < -0.3 is 9.47 Å². The van der Waals surface area contributed by atoms with Gasteiger partial charge in [-0.3, -0.25) is 0 Å². The molecule has 0 atom stereocenters. The molecule has 1 rings (SSSR count). The second kappa shape index (κ2) is 4.38. The summed E-state index contributed by atoms with van der Waals surface area (Å²) >= 11 is 0. The van der Waals surface area contributed by atoms with E-state index in [0.717, 1.165) is 7.11 Å². The smallest absolute Gasteiger partial charge is 0.329 e. The SMILES string of the molecule is COC(F)(F)COC1N=CCC=N1. The van der Waals surface area contributed by atoms with Gasteiger partial charge in [0, 0.05) is 26.0 Å². The van der Waals surface area contributed by atoms with E-state index in [1.54, 1.807) is 12.4 Å². The standard InChI is InChI=1S/C7H10F2N2O2/c1-12-7(8,9)5-13-6-10-3-2-4-11-6/h3-4,6H,2,5H2,1H3. The Hall–Kier alpha value is -0.880. The number of hydrogen-bond donors (Lipinski definition) is 0. The van der Waals surface area contributed by atoms with Crippen molar-refractivity contribution in [2.45, 2.75) is 18.9 Å². The van der Waals surface area contributed by atoms with Crippen LogP contribution in [0.4, 0.5) is 8.78 Å². The van der Waals surface area contributed by atoms with Crippen molar-refractivity contribution in [2.75, 3.05) is 13.7 Å². The molecule has 0 unspecified atom stereocenters. The Bertz CT molecular complexity index is 207. The molecule has 74 valence electrons. The molecule has 0 aliphatic carbocycles. The average molecular weight is 192 g/mol. The maximum Gasteiger partial charge on any atom is 0.378 e. The summed E-state index contributed by atoms with van der Waals surface area (Å²) in [5.74, 6) is 0. The summed E-state index contributed by atoms with van der Waals surface area (Å²) in [6, 6.07) is 0. The van der Waals surface area contributed by atoms with Gasteiger partial charge in [0.2, 0.25) is 6.35 Å². The third kappa shape index (κ3) is 3.56.